The van der Waals surface area contributed by atoms with Gasteiger partial charge < -0.3 is 26.8 Å². The maximum Gasteiger partial charge on any atom is 0.326 e. The van der Waals surface area contributed by atoms with E-state index in [4.69, 9.17) is 10.8 Å². The smallest absolute Gasteiger partial charge is 0.326 e. The molecule has 0 aromatic carbocycles. The van der Waals surface area contributed by atoms with Gasteiger partial charge in [0.2, 0.25) is 17.7 Å². The molecule has 0 saturated heterocycles. The van der Waals surface area contributed by atoms with Crippen molar-refractivity contribution in [2.24, 2.45) is 5.73 Å². The largest absolute Gasteiger partial charge is 0.480 e. The van der Waals surface area contributed by atoms with Crippen LogP contribution in [0.4, 0.5) is 0 Å². The number of unbranched alkanes of at least 4 members (excludes halogenated alkanes) is 1. The summed E-state index contributed by atoms with van der Waals surface area (Å²) in [4.78, 5) is 46.0. The number of carbonyl (C=O) groups is 4. The van der Waals surface area contributed by atoms with Crippen molar-refractivity contribution < 1.29 is 24.3 Å². The van der Waals surface area contributed by atoms with E-state index in [9.17, 15) is 19.2 Å². The summed E-state index contributed by atoms with van der Waals surface area (Å²) in [7, 11) is 0. The molecule has 1 atom stereocenters. The number of carboxylic acids is 1. The van der Waals surface area contributed by atoms with Crippen LogP contribution in [-0.4, -0.2) is 54.5 Å². The van der Waals surface area contributed by atoms with Gasteiger partial charge in [0.1, 0.15) is 6.04 Å². The minimum atomic E-state index is -1.18. The van der Waals surface area contributed by atoms with E-state index in [0.717, 1.165) is 12.8 Å². The molecular formula is C17H32N4O5. The van der Waals surface area contributed by atoms with E-state index >= 15 is 0 Å². The number of aliphatic carboxylic acids is 1. The molecule has 26 heavy (non-hydrogen) atoms. The lowest BCUT2D eigenvalue weighted by Crippen LogP contribution is -2.41. The number of carboxylic acid groups (broad SMARTS) is 1. The van der Waals surface area contributed by atoms with Crippen LogP contribution in [0.3, 0.4) is 0 Å². The third-order valence-corrected chi connectivity index (χ3v) is 3.66. The predicted octanol–water partition coefficient (Wildman–Crippen LogP) is -0.112. The van der Waals surface area contributed by atoms with Crippen LogP contribution >= 0.6 is 0 Å². The number of hydrogen-bond acceptors (Lipinski definition) is 5. The molecule has 150 valence electrons. The lowest BCUT2D eigenvalue weighted by Gasteiger charge is -2.14. The first-order valence-electron chi connectivity index (χ1n) is 9.16. The SMILES string of the molecule is CCCCNC(=O)CCCNC(=O)CCC(NC(=O)CCCN)C(=O)O. The van der Waals surface area contributed by atoms with Crippen molar-refractivity contribution in [1.29, 1.82) is 0 Å². The zero-order chi connectivity index (χ0) is 19.8. The molecule has 0 heterocycles. The quantitative estimate of drug-likeness (QED) is 0.253. The average molecular weight is 372 g/mol. The first-order valence-corrected chi connectivity index (χ1v) is 9.16. The maximum atomic E-state index is 11.7. The van der Waals surface area contributed by atoms with Crippen LogP contribution in [0.25, 0.3) is 0 Å². The molecular weight excluding hydrogens is 340 g/mol. The fourth-order valence-electron chi connectivity index (χ4n) is 2.12. The van der Waals surface area contributed by atoms with Gasteiger partial charge in [-0.2, -0.15) is 0 Å². The highest BCUT2D eigenvalue weighted by molar-refractivity contribution is 5.84. The molecule has 1 unspecified atom stereocenters. The van der Waals surface area contributed by atoms with Crippen LogP contribution in [0.1, 0.15) is 58.3 Å². The van der Waals surface area contributed by atoms with Crippen LogP contribution in [0.15, 0.2) is 0 Å². The number of nitrogens with one attached hydrogen (secondary N) is 3. The van der Waals surface area contributed by atoms with E-state index < -0.39 is 17.9 Å². The Morgan fingerprint density at radius 1 is 0.885 bits per heavy atom. The van der Waals surface area contributed by atoms with Crippen molar-refractivity contribution in [3.8, 4) is 0 Å². The molecule has 0 spiro atoms. The second-order valence-corrected chi connectivity index (χ2v) is 6.05. The fraction of sp³-hybridized carbons (Fsp3) is 0.765. The minimum absolute atomic E-state index is 0.00698. The lowest BCUT2D eigenvalue weighted by molar-refractivity contribution is -0.142. The van der Waals surface area contributed by atoms with Crippen molar-refractivity contribution in [3.63, 3.8) is 0 Å². The second-order valence-electron chi connectivity index (χ2n) is 6.05. The third-order valence-electron chi connectivity index (χ3n) is 3.66. The summed E-state index contributed by atoms with van der Waals surface area (Å²) in [5.41, 5.74) is 5.30. The van der Waals surface area contributed by atoms with E-state index in [1.165, 1.54) is 0 Å². The zero-order valence-electron chi connectivity index (χ0n) is 15.5. The molecule has 0 aliphatic carbocycles. The van der Waals surface area contributed by atoms with E-state index in [1.54, 1.807) is 0 Å². The molecule has 0 bridgehead atoms. The summed E-state index contributed by atoms with van der Waals surface area (Å²) in [6.45, 7) is 3.41. The molecule has 0 radical (unpaired) electrons. The van der Waals surface area contributed by atoms with E-state index in [0.29, 0.717) is 38.9 Å². The summed E-state index contributed by atoms with van der Waals surface area (Å²) >= 11 is 0. The van der Waals surface area contributed by atoms with Crippen LogP contribution in [0.2, 0.25) is 0 Å². The first kappa shape index (κ1) is 23.8. The zero-order valence-corrected chi connectivity index (χ0v) is 15.5. The van der Waals surface area contributed by atoms with Gasteiger partial charge in [0.25, 0.3) is 0 Å². The van der Waals surface area contributed by atoms with Gasteiger partial charge in [-0.3, -0.25) is 14.4 Å². The van der Waals surface area contributed by atoms with Crippen LogP contribution in [0.5, 0.6) is 0 Å². The summed E-state index contributed by atoms with van der Waals surface area (Å²) in [5.74, 6) is -1.92. The predicted molar refractivity (Wildman–Crippen MR) is 97.3 cm³/mol. The fourth-order valence-corrected chi connectivity index (χ4v) is 2.12. The number of nitrogens with two attached hydrogens (primary N) is 1. The number of amides is 3. The molecule has 0 aliphatic rings. The van der Waals surface area contributed by atoms with Gasteiger partial charge in [-0.05, 0) is 32.2 Å². The molecule has 0 aromatic rings. The Balaban J connectivity index is 3.94. The highest BCUT2D eigenvalue weighted by Gasteiger charge is 2.20. The molecule has 0 fully saturated rings. The van der Waals surface area contributed by atoms with E-state index in [2.05, 4.69) is 16.0 Å². The standard InChI is InChI=1S/C17H32N4O5/c1-2-3-11-19-14(22)7-5-12-20-15(23)9-8-13(17(25)26)21-16(24)6-4-10-18/h13H,2-12,18H2,1H3,(H,19,22)(H,20,23)(H,21,24)(H,25,26). The van der Waals surface area contributed by atoms with Gasteiger partial charge in [-0.25, -0.2) is 4.79 Å². The molecule has 0 aromatic heterocycles. The Morgan fingerprint density at radius 3 is 2.04 bits per heavy atom. The highest BCUT2D eigenvalue weighted by atomic mass is 16.4. The number of hydrogen-bond donors (Lipinski definition) is 5. The summed E-state index contributed by atoms with van der Waals surface area (Å²) in [6.07, 6.45) is 3.43. The van der Waals surface area contributed by atoms with E-state index in [-0.39, 0.29) is 31.1 Å². The Hall–Kier alpha value is -2.16. The molecule has 3 amide bonds. The monoisotopic (exact) mass is 372 g/mol. The average Bonchev–Trinajstić information content (AvgIpc) is 2.60. The van der Waals surface area contributed by atoms with Gasteiger partial charge in [-0.15, -0.1) is 0 Å². The van der Waals surface area contributed by atoms with Crippen molar-refractivity contribution in [2.45, 2.75) is 64.3 Å². The van der Waals surface area contributed by atoms with Gasteiger partial charge in [-0.1, -0.05) is 13.3 Å². The van der Waals surface area contributed by atoms with Gasteiger partial charge in [0.15, 0.2) is 0 Å². The first-order chi connectivity index (χ1) is 12.4. The summed E-state index contributed by atoms with van der Waals surface area (Å²) in [5, 5.41) is 16.9. The van der Waals surface area contributed by atoms with Gasteiger partial charge >= 0.3 is 5.97 Å². The van der Waals surface area contributed by atoms with Gasteiger partial charge in [0.05, 0.1) is 0 Å². The van der Waals surface area contributed by atoms with Crippen molar-refractivity contribution in [3.05, 3.63) is 0 Å². The summed E-state index contributed by atoms with van der Waals surface area (Å²) in [6, 6.07) is -1.10. The van der Waals surface area contributed by atoms with Crippen LogP contribution in [-0.2, 0) is 19.2 Å². The van der Waals surface area contributed by atoms with Crippen molar-refractivity contribution >= 4 is 23.7 Å². The number of rotatable bonds is 15. The molecule has 9 nitrogen and oxygen atoms in total. The minimum Gasteiger partial charge on any atom is -0.480 e. The van der Waals surface area contributed by atoms with E-state index in [1.807, 2.05) is 6.92 Å². The highest BCUT2D eigenvalue weighted by Crippen LogP contribution is 2.00. The molecule has 0 saturated carbocycles. The Bertz CT molecular complexity index is 456. The van der Waals surface area contributed by atoms with Crippen molar-refractivity contribution in [2.75, 3.05) is 19.6 Å². The van der Waals surface area contributed by atoms with Crippen molar-refractivity contribution in [1.82, 2.24) is 16.0 Å². The topological polar surface area (TPSA) is 151 Å². The second kappa shape index (κ2) is 15.1. The normalized spacial score (nSPS) is 11.5. The van der Waals surface area contributed by atoms with Crippen LogP contribution < -0.4 is 21.7 Å². The number of carbonyl (C=O) groups excluding carboxylic acids is 3. The van der Waals surface area contributed by atoms with Crippen LogP contribution in [0, 0.1) is 0 Å². The Morgan fingerprint density at radius 2 is 1.46 bits per heavy atom. The maximum absolute atomic E-state index is 11.7. The lowest BCUT2D eigenvalue weighted by atomic mass is 10.1. The van der Waals surface area contributed by atoms with Gasteiger partial charge in [0, 0.05) is 32.4 Å². The molecule has 6 N–H and O–H groups in total. The molecule has 0 rings (SSSR count). The Labute approximate surface area is 154 Å². The molecule has 0 aliphatic heterocycles. The Kier molecular flexibility index (Phi) is 13.9. The third kappa shape index (κ3) is 13.2. The summed E-state index contributed by atoms with van der Waals surface area (Å²) < 4.78 is 0. The molecule has 9 heteroatoms.